The Balaban J connectivity index is 2.35. The van der Waals surface area contributed by atoms with Crippen molar-refractivity contribution in [2.24, 2.45) is 0 Å². The molecule has 2 N–H and O–H groups in total. The van der Waals surface area contributed by atoms with Crippen LogP contribution in [0.5, 0.6) is 0 Å². The van der Waals surface area contributed by atoms with Gasteiger partial charge in [0, 0.05) is 18.7 Å². The van der Waals surface area contributed by atoms with Gasteiger partial charge in [-0.05, 0) is 18.5 Å². The Kier molecular flexibility index (Phi) is 4.23. The zero-order valence-corrected chi connectivity index (χ0v) is 11.0. The summed E-state index contributed by atoms with van der Waals surface area (Å²) in [5, 5.41) is 4.93. The molecule has 9 heteroatoms. The summed E-state index contributed by atoms with van der Waals surface area (Å²) in [7, 11) is 0. The van der Waals surface area contributed by atoms with Crippen molar-refractivity contribution < 1.29 is 13.2 Å². The molecular formula is C11H9ClF3N5. The third-order valence-electron chi connectivity index (χ3n) is 2.19. The van der Waals surface area contributed by atoms with Crippen LogP contribution < -0.4 is 10.6 Å². The lowest BCUT2D eigenvalue weighted by Gasteiger charge is -2.09. The lowest BCUT2D eigenvalue weighted by Crippen LogP contribution is -2.08. The minimum Gasteiger partial charge on any atom is -0.354 e. The molecule has 2 aromatic rings. The van der Waals surface area contributed by atoms with Crippen molar-refractivity contribution in [2.45, 2.75) is 6.92 Å². The first-order chi connectivity index (χ1) is 9.49. The maximum atomic E-state index is 13.5. The fourth-order valence-electron chi connectivity index (χ4n) is 1.42. The molecule has 0 amide bonds. The number of hydrogen-bond acceptors (Lipinski definition) is 5. The molecule has 0 spiro atoms. The van der Waals surface area contributed by atoms with Crippen LogP contribution in [0.2, 0.25) is 5.28 Å². The second kappa shape index (κ2) is 5.91. The normalized spacial score (nSPS) is 10.4. The van der Waals surface area contributed by atoms with Crippen molar-refractivity contribution in [2.75, 3.05) is 17.2 Å². The molecule has 1 heterocycles. The molecule has 0 unspecified atom stereocenters. The number of anilines is 3. The monoisotopic (exact) mass is 303 g/mol. The Morgan fingerprint density at radius 3 is 2.25 bits per heavy atom. The lowest BCUT2D eigenvalue weighted by atomic mass is 10.3. The SMILES string of the molecule is CCNc1nc(Cl)nc(Nc2c(F)cc(F)cc2F)n1. The van der Waals surface area contributed by atoms with Gasteiger partial charge in [0.2, 0.25) is 17.2 Å². The molecule has 0 saturated heterocycles. The fraction of sp³-hybridized carbons (Fsp3) is 0.182. The Morgan fingerprint density at radius 1 is 1.05 bits per heavy atom. The average molecular weight is 304 g/mol. The van der Waals surface area contributed by atoms with Crippen molar-refractivity contribution >= 4 is 29.2 Å². The molecule has 2 rings (SSSR count). The number of nitrogens with one attached hydrogen (secondary N) is 2. The molecule has 0 aliphatic carbocycles. The van der Waals surface area contributed by atoms with E-state index < -0.39 is 23.1 Å². The van der Waals surface area contributed by atoms with Crippen molar-refractivity contribution in [1.82, 2.24) is 15.0 Å². The molecule has 0 atom stereocenters. The van der Waals surface area contributed by atoms with Crippen molar-refractivity contribution in [3.63, 3.8) is 0 Å². The highest BCUT2D eigenvalue weighted by atomic mass is 35.5. The number of hydrogen-bond donors (Lipinski definition) is 2. The molecule has 5 nitrogen and oxygen atoms in total. The van der Waals surface area contributed by atoms with Crippen LogP contribution in [0.15, 0.2) is 12.1 Å². The zero-order valence-electron chi connectivity index (χ0n) is 10.2. The summed E-state index contributed by atoms with van der Waals surface area (Å²) in [6.45, 7) is 2.34. The van der Waals surface area contributed by atoms with Gasteiger partial charge in [0.05, 0.1) is 0 Å². The molecule has 0 fully saturated rings. The van der Waals surface area contributed by atoms with Gasteiger partial charge in [-0.2, -0.15) is 15.0 Å². The van der Waals surface area contributed by atoms with Gasteiger partial charge >= 0.3 is 0 Å². The first-order valence-electron chi connectivity index (χ1n) is 5.56. The van der Waals surface area contributed by atoms with Crippen LogP contribution in [0.4, 0.5) is 30.8 Å². The second-order valence-corrected chi connectivity index (χ2v) is 3.99. The minimum absolute atomic E-state index is 0.151. The van der Waals surface area contributed by atoms with Crippen LogP contribution >= 0.6 is 11.6 Å². The molecule has 0 aliphatic rings. The number of aromatic nitrogens is 3. The van der Waals surface area contributed by atoms with E-state index in [0.29, 0.717) is 18.7 Å². The average Bonchev–Trinajstić information content (AvgIpc) is 2.33. The van der Waals surface area contributed by atoms with E-state index in [-0.39, 0.29) is 17.2 Å². The summed E-state index contributed by atoms with van der Waals surface area (Å²) >= 11 is 5.67. The molecule has 0 bridgehead atoms. The third kappa shape index (κ3) is 3.27. The van der Waals surface area contributed by atoms with E-state index in [4.69, 9.17) is 11.6 Å². The molecule has 0 saturated carbocycles. The summed E-state index contributed by atoms with van der Waals surface area (Å²) in [6.07, 6.45) is 0. The van der Waals surface area contributed by atoms with E-state index in [9.17, 15) is 13.2 Å². The van der Waals surface area contributed by atoms with E-state index >= 15 is 0 Å². The topological polar surface area (TPSA) is 62.7 Å². The standard InChI is InChI=1S/C11H9ClF3N5/c1-2-16-10-18-9(12)19-11(20-10)17-8-6(14)3-5(13)4-7(8)15/h3-4H,2H2,1H3,(H2,16,17,18,19,20). The smallest absolute Gasteiger partial charge is 0.233 e. The Labute approximate surface area is 117 Å². The fourth-order valence-corrected chi connectivity index (χ4v) is 1.58. The summed E-state index contributed by atoms with van der Waals surface area (Å²) < 4.78 is 39.8. The Morgan fingerprint density at radius 2 is 1.65 bits per heavy atom. The van der Waals surface area contributed by atoms with Crippen LogP contribution in [0, 0.1) is 17.5 Å². The highest BCUT2D eigenvalue weighted by Gasteiger charge is 2.14. The first-order valence-corrected chi connectivity index (χ1v) is 5.94. The van der Waals surface area contributed by atoms with Crippen molar-refractivity contribution in [1.29, 1.82) is 0 Å². The number of rotatable bonds is 4. The van der Waals surface area contributed by atoms with Gasteiger partial charge in [0.15, 0.2) is 11.6 Å². The van der Waals surface area contributed by atoms with Gasteiger partial charge in [-0.25, -0.2) is 13.2 Å². The summed E-state index contributed by atoms with van der Waals surface area (Å²) in [5.74, 6) is -3.25. The number of halogens is 4. The summed E-state index contributed by atoms with van der Waals surface area (Å²) in [6, 6.07) is 1.08. The highest BCUT2D eigenvalue weighted by molar-refractivity contribution is 6.28. The van der Waals surface area contributed by atoms with Gasteiger partial charge in [-0.1, -0.05) is 0 Å². The second-order valence-electron chi connectivity index (χ2n) is 3.65. The van der Waals surface area contributed by atoms with Gasteiger partial charge < -0.3 is 10.6 Å². The molecule has 0 radical (unpaired) electrons. The quantitative estimate of drug-likeness (QED) is 0.908. The molecule has 20 heavy (non-hydrogen) atoms. The van der Waals surface area contributed by atoms with Crippen LogP contribution in [-0.4, -0.2) is 21.5 Å². The van der Waals surface area contributed by atoms with E-state index in [2.05, 4.69) is 25.6 Å². The van der Waals surface area contributed by atoms with E-state index in [1.54, 1.807) is 0 Å². The van der Waals surface area contributed by atoms with Gasteiger partial charge in [0.25, 0.3) is 0 Å². The van der Waals surface area contributed by atoms with Gasteiger partial charge in [0.1, 0.15) is 11.5 Å². The number of benzene rings is 1. The van der Waals surface area contributed by atoms with Gasteiger partial charge in [-0.15, -0.1) is 0 Å². The van der Waals surface area contributed by atoms with Crippen LogP contribution in [0.1, 0.15) is 6.92 Å². The van der Waals surface area contributed by atoms with E-state index in [1.807, 2.05) is 6.92 Å². The van der Waals surface area contributed by atoms with Gasteiger partial charge in [-0.3, -0.25) is 0 Å². The molecule has 1 aromatic heterocycles. The van der Waals surface area contributed by atoms with Crippen molar-refractivity contribution in [3.8, 4) is 0 Å². The van der Waals surface area contributed by atoms with Crippen LogP contribution in [0.25, 0.3) is 0 Å². The predicted octanol–water partition coefficient (Wildman–Crippen LogP) is 3.12. The summed E-state index contributed by atoms with van der Waals surface area (Å²) in [5.41, 5.74) is -0.573. The molecule has 0 aliphatic heterocycles. The maximum Gasteiger partial charge on any atom is 0.233 e. The van der Waals surface area contributed by atoms with E-state index in [1.165, 1.54) is 0 Å². The molecule has 106 valence electrons. The Hall–Kier alpha value is -2.09. The molecule has 1 aromatic carbocycles. The zero-order chi connectivity index (χ0) is 14.7. The largest absolute Gasteiger partial charge is 0.354 e. The minimum atomic E-state index is -1.11. The van der Waals surface area contributed by atoms with Crippen LogP contribution in [-0.2, 0) is 0 Å². The van der Waals surface area contributed by atoms with Crippen molar-refractivity contribution in [3.05, 3.63) is 34.9 Å². The predicted molar refractivity (Wildman–Crippen MR) is 68.6 cm³/mol. The summed E-state index contributed by atoms with van der Waals surface area (Å²) in [4.78, 5) is 11.3. The highest BCUT2D eigenvalue weighted by Crippen LogP contribution is 2.23. The lowest BCUT2D eigenvalue weighted by molar-refractivity contribution is 0.548. The van der Waals surface area contributed by atoms with Crippen LogP contribution in [0.3, 0.4) is 0 Å². The Bertz CT molecular complexity index is 614. The number of nitrogens with zero attached hydrogens (tertiary/aromatic N) is 3. The van der Waals surface area contributed by atoms with E-state index in [0.717, 1.165) is 0 Å². The first kappa shape index (κ1) is 14.3. The molecular weight excluding hydrogens is 295 g/mol. The third-order valence-corrected chi connectivity index (χ3v) is 2.36. The maximum absolute atomic E-state index is 13.5.